The average molecular weight is 560 g/mol. The molecule has 6 rings (SSSR count). The van der Waals surface area contributed by atoms with Crippen molar-refractivity contribution in [3.63, 3.8) is 0 Å². The predicted octanol–water partition coefficient (Wildman–Crippen LogP) is 8.37. The Hall–Kier alpha value is -5.07. The lowest BCUT2D eigenvalue weighted by molar-refractivity contribution is 0.0929. The van der Waals surface area contributed by atoms with Gasteiger partial charge < -0.3 is 13.7 Å². The number of furan rings is 1. The molecule has 0 atom stereocenters. The zero-order chi connectivity index (χ0) is 28.2. The van der Waals surface area contributed by atoms with Crippen molar-refractivity contribution in [1.82, 2.24) is 9.99 Å². The lowest BCUT2D eigenvalue weighted by Crippen LogP contribution is -2.16. The second-order valence-corrected chi connectivity index (χ2v) is 9.76. The minimum Gasteiger partial charge on any atom is -0.494 e. The first-order valence-corrected chi connectivity index (χ1v) is 13.6. The van der Waals surface area contributed by atoms with Crippen LogP contribution < -0.4 is 10.2 Å². The van der Waals surface area contributed by atoms with Gasteiger partial charge in [-0.25, -0.2) is 5.43 Å². The van der Waals surface area contributed by atoms with Crippen LogP contribution in [0.4, 0.5) is 0 Å². The van der Waals surface area contributed by atoms with Crippen LogP contribution in [0.3, 0.4) is 0 Å². The number of aromatic nitrogens is 1. The number of benzene rings is 4. The van der Waals surface area contributed by atoms with Crippen molar-refractivity contribution < 1.29 is 13.9 Å². The normalized spacial score (nSPS) is 11.3. The van der Waals surface area contributed by atoms with E-state index in [2.05, 4.69) is 45.4 Å². The monoisotopic (exact) mass is 559 g/mol. The highest BCUT2D eigenvalue weighted by atomic mass is 35.5. The van der Waals surface area contributed by atoms with E-state index in [-0.39, 0.29) is 5.76 Å². The van der Waals surface area contributed by atoms with E-state index < -0.39 is 5.91 Å². The predicted molar refractivity (Wildman–Crippen MR) is 164 cm³/mol. The number of hydrazone groups is 1. The molecule has 0 radical (unpaired) electrons. The highest BCUT2D eigenvalue weighted by Crippen LogP contribution is 2.35. The van der Waals surface area contributed by atoms with Gasteiger partial charge in [-0.05, 0) is 72.6 Å². The lowest BCUT2D eigenvalue weighted by Gasteiger charge is -2.15. The van der Waals surface area contributed by atoms with Gasteiger partial charge in [0.15, 0.2) is 5.76 Å². The minimum absolute atomic E-state index is 0.165. The van der Waals surface area contributed by atoms with Gasteiger partial charge in [0.05, 0.1) is 24.2 Å². The Labute approximate surface area is 242 Å². The molecule has 1 N–H and O–H groups in total. The maximum atomic E-state index is 12.9. The minimum atomic E-state index is -0.447. The fourth-order valence-electron chi connectivity index (χ4n) is 4.80. The van der Waals surface area contributed by atoms with Crippen molar-refractivity contribution in [1.29, 1.82) is 0 Å². The number of fused-ring (bicyclic) bond motifs is 1. The standard InChI is InChI=1S/C34H26ClN3O3/c1-2-40-29-17-18-31-25(19-29)21-32(41-31)34(39)37-36-22-26-20-30(23-9-5-3-6-10-23)38(28-15-13-27(35)14-16-28)33(26)24-11-7-4-8-12-24/h3-22H,2H2,1H3,(H,37,39)/b36-22-. The molecule has 0 saturated heterocycles. The molecule has 0 fully saturated rings. The van der Waals surface area contributed by atoms with Crippen molar-refractivity contribution in [2.45, 2.75) is 6.92 Å². The summed E-state index contributed by atoms with van der Waals surface area (Å²) in [6.45, 7) is 2.48. The van der Waals surface area contributed by atoms with Crippen molar-refractivity contribution >= 4 is 34.7 Å². The van der Waals surface area contributed by atoms with Gasteiger partial charge >= 0.3 is 5.91 Å². The molecule has 0 aliphatic carbocycles. The van der Waals surface area contributed by atoms with Gasteiger partial charge in [0, 0.05) is 21.7 Å². The molecule has 0 spiro atoms. The molecule has 0 bridgehead atoms. The molecule has 41 heavy (non-hydrogen) atoms. The van der Waals surface area contributed by atoms with E-state index in [9.17, 15) is 4.79 Å². The molecule has 0 unspecified atom stereocenters. The Kier molecular flexibility index (Phi) is 7.39. The van der Waals surface area contributed by atoms with Gasteiger partial charge in [-0.3, -0.25) is 4.79 Å². The van der Waals surface area contributed by atoms with Crippen LogP contribution in [-0.2, 0) is 0 Å². The quantitative estimate of drug-likeness (QED) is 0.150. The second-order valence-electron chi connectivity index (χ2n) is 9.32. The molecule has 1 amide bonds. The van der Waals surface area contributed by atoms with Crippen LogP contribution in [0.15, 0.2) is 125 Å². The van der Waals surface area contributed by atoms with E-state index in [0.717, 1.165) is 44.9 Å². The summed E-state index contributed by atoms with van der Waals surface area (Å²) < 4.78 is 13.5. The molecule has 2 heterocycles. The third-order valence-corrected chi connectivity index (χ3v) is 6.88. The number of carbonyl (C=O) groups is 1. The van der Waals surface area contributed by atoms with E-state index in [1.807, 2.05) is 79.7 Å². The first kappa shape index (κ1) is 26.2. The second kappa shape index (κ2) is 11.6. The first-order valence-electron chi connectivity index (χ1n) is 13.2. The lowest BCUT2D eigenvalue weighted by atomic mass is 10.1. The summed E-state index contributed by atoms with van der Waals surface area (Å²) in [5, 5.41) is 5.77. The van der Waals surface area contributed by atoms with Crippen LogP contribution in [0.25, 0.3) is 39.2 Å². The van der Waals surface area contributed by atoms with Gasteiger partial charge in [-0.2, -0.15) is 5.10 Å². The summed E-state index contributed by atoms with van der Waals surface area (Å²) in [4.78, 5) is 12.9. The number of ether oxygens (including phenoxy) is 1. The van der Waals surface area contributed by atoms with E-state index in [4.69, 9.17) is 20.8 Å². The number of hydrogen-bond acceptors (Lipinski definition) is 4. The molecule has 0 saturated carbocycles. The Bertz CT molecular complexity index is 1840. The smallest absolute Gasteiger partial charge is 0.307 e. The van der Waals surface area contributed by atoms with Crippen LogP contribution in [0, 0.1) is 0 Å². The van der Waals surface area contributed by atoms with Gasteiger partial charge in [0.2, 0.25) is 0 Å². The van der Waals surface area contributed by atoms with Crippen LogP contribution >= 0.6 is 11.6 Å². The molecule has 6 aromatic rings. The van der Waals surface area contributed by atoms with E-state index >= 15 is 0 Å². The topological polar surface area (TPSA) is 68.8 Å². The van der Waals surface area contributed by atoms with Crippen LogP contribution in [-0.4, -0.2) is 23.3 Å². The zero-order valence-electron chi connectivity index (χ0n) is 22.3. The molecule has 2 aromatic heterocycles. The van der Waals surface area contributed by atoms with Crippen LogP contribution in [0.2, 0.25) is 5.02 Å². The Morgan fingerprint density at radius 1 is 0.902 bits per heavy atom. The number of amides is 1. The van der Waals surface area contributed by atoms with Crippen molar-refractivity contribution in [3.8, 4) is 34.0 Å². The highest BCUT2D eigenvalue weighted by molar-refractivity contribution is 6.30. The largest absolute Gasteiger partial charge is 0.494 e. The molecule has 7 heteroatoms. The van der Waals surface area contributed by atoms with Gasteiger partial charge in [0.1, 0.15) is 11.3 Å². The third-order valence-electron chi connectivity index (χ3n) is 6.62. The molecule has 202 valence electrons. The summed E-state index contributed by atoms with van der Waals surface area (Å²) >= 11 is 6.23. The van der Waals surface area contributed by atoms with Crippen LogP contribution in [0.1, 0.15) is 23.0 Å². The summed E-state index contributed by atoms with van der Waals surface area (Å²) in [7, 11) is 0. The van der Waals surface area contributed by atoms with Gasteiger partial charge in [0.25, 0.3) is 0 Å². The Balaban J connectivity index is 1.39. The maximum absolute atomic E-state index is 12.9. The molecule has 0 aliphatic heterocycles. The molecular weight excluding hydrogens is 534 g/mol. The summed E-state index contributed by atoms with van der Waals surface area (Å²) in [5.41, 5.74) is 8.94. The highest BCUT2D eigenvalue weighted by Gasteiger charge is 2.19. The molecule has 4 aromatic carbocycles. The number of rotatable bonds is 8. The number of hydrogen-bond donors (Lipinski definition) is 1. The Morgan fingerprint density at radius 3 is 2.32 bits per heavy atom. The first-order chi connectivity index (χ1) is 20.1. The fourth-order valence-corrected chi connectivity index (χ4v) is 4.93. The van der Waals surface area contributed by atoms with Gasteiger partial charge in [-0.1, -0.05) is 72.3 Å². The fraction of sp³-hybridized carbons (Fsp3) is 0.0588. The van der Waals surface area contributed by atoms with E-state index in [0.29, 0.717) is 17.2 Å². The van der Waals surface area contributed by atoms with Crippen LogP contribution in [0.5, 0.6) is 5.75 Å². The summed E-state index contributed by atoms with van der Waals surface area (Å²) in [5.74, 6) is 0.438. The van der Waals surface area contributed by atoms with Crippen molar-refractivity contribution in [3.05, 3.63) is 132 Å². The SMILES string of the molecule is CCOc1ccc2oc(C(=O)N/N=C\c3cc(-c4ccccc4)n(-c4ccc(Cl)cc4)c3-c3ccccc3)cc2c1. The molecule has 0 aliphatic rings. The number of nitrogens with zero attached hydrogens (tertiary/aromatic N) is 2. The number of carbonyl (C=O) groups excluding carboxylic acids is 1. The third kappa shape index (κ3) is 5.51. The maximum Gasteiger partial charge on any atom is 0.307 e. The van der Waals surface area contributed by atoms with E-state index in [1.165, 1.54) is 0 Å². The zero-order valence-corrected chi connectivity index (χ0v) is 23.0. The molecular formula is C34H26ClN3O3. The van der Waals surface area contributed by atoms with Crippen molar-refractivity contribution in [2.24, 2.45) is 5.10 Å². The van der Waals surface area contributed by atoms with Gasteiger partial charge in [-0.15, -0.1) is 0 Å². The number of nitrogens with one attached hydrogen (secondary N) is 1. The number of halogens is 1. The summed E-state index contributed by atoms with van der Waals surface area (Å²) in [6, 6.07) is 37.2. The van der Waals surface area contributed by atoms with Crippen molar-refractivity contribution in [2.75, 3.05) is 6.61 Å². The van der Waals surface area contributed by atoms with E-state index in [1.54, 1.807) is 18.3 Å². The Morgan fingerprint density at radius 2 is 1.61 bits per heavy atom. The summed E-state index contributed by atoms with van der Waals surface area (Å²) in [6.07, 6.45) is 1.66. The molecule has 6 nitrogen and oxygen atoms in total. The average Bonchev–Trinajstić information content (AvgIpc) is 3.60.